The third kappa shape index (κ3) is 6.26. The summed E-state index contributed by atoms with van der Waals surface area (Å²) in [5, 5.41) is 2.46. The summed E-state index contributed by atoms with van der Waals surface area (Å²) in [5.41, 5.74) is 6.09. The zero-order valence-corrected chi connectivity index (χ0v) is 12.0. The van der Waals surface area contributed by atoms with E-state index in [1.807, 2.05) is 30.3 Å². The highest BCUT2D eigenvalue weighted by Crippen LogP contribution is 2.15. The van der Waals surface area contributed by atoms with E-state index < -0.39 is 5.91 Å². The molecule has 1 rings (SSSR count). The molecule has 0 bridgehead atoms. The molecule has 0 radical (unpaired) electrons. The van der Waals surface area contributed by atoms with E-state index >= 15 is 0 Å². The van der Waals surface area contributed by atoms with Gasteiger partial charge in [0, 0.05) is 11.4 Å². The number of hydrogen-bond donors (Lipinski definition) is 2. The van der Waals surface area contributed by atoms with Crippen molar-refractivity contribution in [2.24, 2.45) is 5.73 Å². The predicted molar refractivity (Wildman–Crippen MR) is 76.8 cm³/mol. The van der Waals surface area contributed by atoms with Crippen molar-refractivity contribution in [2.45, 2.75) is 11.4 Å². The number of amides is 2. The van der Waals surface area contributed by atoms with Crippen molar-refractivity contribution in [3.05, 3.63) is 29.8 Å². The maximum Gasteiger partial charge on any atom is 0.236 e. The molecule has 2 amide bonds. The summed E-state index contributed by atoms with van der Waals surface area (Å²) >= 11 is 1.69. The van der Waals surface area contributed by atoms with Crippen molar-refractivity contribution in [2.75, 3.05) is 26.4 Å². The maximum atomic E-state index is 11.5. The number of nitrogens with two attached hydrogens (primary N) is 1. The van der Waals surface area contributed by atoms with Gasteiger partial charge in [-0.2, -0.15) is 0 Å². The number of thioether (sulfide) groups is 1. The van der Waals surface area contributed by atoms with Gasteiger partial charge in [0.1, 0.15) is 0 Å². The molecule has 6 heteroatoms. The Labute approximate surface area is 117 Å². The minimum atomic E-state index is -0.538. The van der Waals surface area contributed by atoms with Gasteiger partial charge in [-0.25, -0.2) is 0 Å². The topological polar surface area (TPSA) is 75.4 Å². The maximum absolute atomic E-state index is 11.5. The van der Waals surface area contributed by atoms with Crippen LogP contribution in [0.4, 0.5) is 0 Å². The minimum Gasteiger partial charge on any atom is -0.368 e. The highest BCUT2D eigenvalue weighted by molar-refractivity contribution is 7.98. The van der Waals surface area contributed by atoms with E-state index in [0.29, 0.717) is 6.54 Å². The Balaban J connectivity index is 2.39. The number of carbonyl (C=O) groups is 2. The van der Waals surface area contributed by atoms with Crippen molar-refractivity contribution < 1.29 is 9.59 Å². The molecule has 0 aliphatic carbocycles. The molecule has 0 aromatic heterocycles. The largest absolute Gasteiger partial charge is 0.368 e. The fraction of sp³-hybridized carbons (Fsp3) is 0.385. The average molecular weight is 281 g/mol. The summed E-state index contributed by atoms with van der Waals surface area (Å²) in [6.07, 6.45) is 2.03. The van der Waals surface area contributed by atoms with Crippen molar-refractivity contribution in [3.8, 4) is 0 Å². The molecule has 0 spiro atoms. The van der Waals surface area contributed by atoms with Gasteiger partial charge < -0.3 is 11.1 Å². The van der Waals surface area contributed by atoms with Crippen LogP contribution in [-0.2, 0) is 16.1 Å². The van der Waals surface area contributed by atoms with Crippen LogP contribution in [0.25, 0.3) is 0 Å². The molecule has 0 aliphatic rings. The monoisotopic (exact) mass is 281 g/mol. The second-order valence-corrected chi connectivity index (χ2v) is 5.14. The molecule has 0 atom stereocenters. The lowest BCUT2D eigenvalue weighted by Gasteiger charge is -2.16. The second-order valence-electron chi connectivity index (χ2n) is 4.26. The number of hydrogen-bond acceptors (Lipinski definition) is 4. The van der Waals surface area contributed by atoms with Gasteiger partial charge in [-0.3, -0.25) is 14.5 Å². The predicted octanol–water partition coefficient (Wildman–Crippen LogP) is 0.442. The van der Waals surface area contributed by atoms with Crippen LogP contribution < -0.4 is 11.1 Å². The van der Waals surface area contributed by atoms with Gasteiger partial charge in [0.2, 0.25) is 11.8 Å². The number of primary amides is 1. The Hall–Kier alpha value is -1.53. The third-order valence-corrected chi connectivity index (χ3v) is 3.23. The van der Waals surface area contributed by atoms with Crippen LogP contribution in [0.15, 0.2) is 29.2 Å². The summed E-state index contributed by atoms with van der Waals surface area (Å²) < 4.78 is 0. The fourth-order valence-corrected chi connectivity index (χ4v) is 1.99. The molecule has 1 aromatic carbocycles. The molecule has 0 saturated heterocycles. The van der Waals surface area contributed by atoms with E-state index in [0.717, 1.165) is 5.56 Å². The van der Waals surface area contributed by atoms with Crippen molar-refractivity contribution in [1.82, 2.24) is 10.2 Å². The van der Waals surface area contributed by atoms with Crippen LogP contribution >= 0.6 is 11.8 Å². The van der Waals surface area contributed by atoms with E-state index in [1.54, 1.807) is 11.8 Å². The smallest absolute Gasteiger partial charge is 0.236 e. The lowest BCUT2D eigenvalue weighted by molar-refractivity contribution is -0.125. The molecule has 3 N–H and O–H groups in total. The fourth-order valence-electron chi connectivity index (χ4n) is 1.59. The molecule has 104 valence electrons. The van der Waals surface area contributed by atoms with Gasteiger partial charge in [0.15, 0.2) is 0 Å². The molecule has 0 fully saturated rings. The van der Waals surface area contributed by atoms with Gasteiger partial charge in [0.25, 0.3) is 0 Å². The van der Waals surface area contributed by atoms with Crippen LogP contribution in [0.2, 0.25) is 0 Å². The Morgan fingerprint density at radius 3 is 2.47 bits per heavy atom. The SMILES string of the molecule is CSc1ccc(CN(C)CC(=O)NCC(N)=O)cc1. The molecule has 0 saturated carbocycles. The van der Waals surface area contributed by atoms with Gasteiger partial charge in [-0.15, -0.1) is 11.8 Å². The van der Waals surface area contributed by atoms with Crippen LogP contribution in [0.1, 0.15) is 5.56 Å². The Morgan fingerprint density at radius 1 is 1.32 bits per heavy atom. The average Bonchev–Trinajstić information content (AvgIpc) is 2.37. The molecular weight excluding hydrogens is 262 g/mol. The summed E-state index contributed by atoms with van der Waals surface area (Å²) in [6.45, 7) is 0.797. The molecule has 0 unspecified atom stereocenters. The lowest BCUT2D eigenvalue weighted by atomic mass is 10.2. The normalized spacial score (nSPS) is 10.5. The quantitative estimate of drug-likeness (QED) is 0.711. The van der Waals surface area contributed by atoms with Crippen LogP contribution in [0.3, 0.4) is 0 Å². The van der Waals surface area contributed by atoms with Gasteiger partial charge in [-0.1, -0.05) is 12.1 Å². The summed E-state index contributed by atoms with van der Waals surface area (Å²) in [5.74, 6) is -0.745. The highest BCUT2D eigenvalue weighted by Gasteiger charge is 2.07. The van der Waals surface area contributed by atoms with Gasteiger partial charge in [-0.05, 0) is 31.0 Å². The van der Waals surface area contributed by atoms with E-state index in [9.17, 15) is 9.59 Å². The number of likely N-dealkylation sites (N-methyl/N-ethyl adjacent to an activating group) is 1. The van der Waals surface area contributed by atoms with Crippen molar-refractivity contribution >= 4 is 23.6 Å². The highest BCUT2D eigenvalue weighted by atomic mass is 32.2. The number of benzene rings is 1. The molecule has 0 aliphatic heterocycles. The minimum absolute atomic E-state index is 0.116. The van der Waals surface area contributed by atoms with Crippen LogP contribution in [0.5, 0.6) is 0 Å². The Morgan fingerprint density at radius 2 is 1.95 bits per heavy atom. The second kappa shape index (κ2) is 7.81. The third-order valence-electron chi connectivity index (χ3n) is 2.48. The Kier molecular flexibility index (Phi) is 6.38. The first-order valence-corrected chi connectivity index (χ1v) is 7.10. The molecule has 1 aromatic rings. The zero-order valence-electron chi connectivity index (χ0n) is 11.2. The first-order chi connectivity index (χ1) is 9.01. The summed E-state index contributed by atoms with van der Waals surface area (Å²) in [4.78, 5) is 25.1. The van der Waals surface area contributed by atoms with E-state index in [1.165, 1.54) is 4.90 Å². The first kappa shape index (κ1) is 15.5. The lowest BCUT2D eigenvalue weighted by Crippen LogP contribution is -2.39. The van der Waals surface area contributed by atoms with Gasteiger partial charge in [0.05, 0.1) is 13.1 Å². The number of nitrogens with zero attached hydrogens (tertiary/aromatic N) is 1. The molecule has 0 heterocycles. The van der Waals surface area contributed by atoms with Crippen molar-refractivity contribution in [1.29, 1.82) is 0 Å². The first-order valence-electron chi connectivity index (χ1n) is 5.87. The molecule has 19 heavy (non-hydrogen) atoms. The summed E-state index contributed by atoms with van der Waals surface area (Å²) in [7, 11) is 1.85. The van der Waals surface area contributed by atoms with E-state index in [-0.39, 0.29) is 19.0 Å². The zero-order chi connectivity index (χ0) is 14.3. The molecular formula is C13H19N3O2S. The summed E-state index contributed by atoms with van der Waals surface area (Å²) in [6, 6.07) is 8.20. The van der Waals surface area contributed by atoms with Gasteiger partial charge >= 0.3 is 0 Å². The number of rotatable bonds is 7. The number of carbonyl (C=O) groups excluding carboxylic acids is 2. The van der Waals surface area contributed by atoms with Crippen LogP contribution in [0, 0.1) is 0 Å². The van der Waals surface area contributed by atoms with Crippen LogP contribution in [-0.4, -0.2) is 43.1 Å². The van der Waals surface area contributed by atoms with Crippen molar-refractivity contribution in [3.63, 3.8) is 0 Å². The van der Waals surface area contributed by atoms with E-state index in [2.05, 4.69) is 17.4 Å². The standard InChI is InChI=1S/C13H19N3O2S/c1-16(9-13(18)15-7-12(14)17)8-10-3-5-11(19-2)6-4-10/h3-6H,7-9H2,1-2H3,(H2,14,17)(H,15,18). The Bertz CT molecular complexity index is 434. The molecule has 5 nitrogen and oxygen atoms in total. The van der Waals surface area contributed by atoms with E-state index in [4.69, 9.17) is 5.73 Å². The number of nitrogens with one attached hydrogen (secondary N) is 1.